The average Bonchev–Trinajstić information content (AvgIpc) is 2.58. The van der Waals surface area contributed by atoms with Gasteiger partial charge in [0.1, 0.15) is 5.82 Å². The number of hydrogen-bond acceptors (Lipinski definition) is 2. The molecular weight excluding hydrogens is 239 g/mol. The molecule has 0 atom stereocenters. The number of nitrogens with zero attached hydrogens (tertiary/aromatic N) is 2. The van der Waals surface area contributed by atoms with E-state index in [0.717, 1.165) is 25.3 Å². The fourth-order valence-corrected chi connectivity index (χ4v) is 2.56. The van der Waals surface area contributed by atoms with Gasteiger partial charge < -0.3 is 9.80 Å². The monoisotopic (exact) mass is 256 g/mol. The molecular formula is C16H17FN2. The van der Waals surface area contributed by atoms with Crippen molar-refractivity contribution >= 4 is 11.4 Å². The molecule has 0 saturated heterocycles. The standard InChI is InChI=1S/C16H17FN2/c1-18-10-11-19(15-8-6-14(17)7-9-15)16-5-3-2-4-13(16)12-18/h2-9H,10-12H2,1H3. The van der Waals surface area contributed by atoms with Crippen LogP contribution in [0.3, 0.4) is 0 Å². The first-order valence-electron chi connectivity index (χ1n) is 6.53. The van der Waals surface area contributed by atoms with E-state index >= 15 is 0 Å². The Bertz CT molecular complexity index is 565. The molecule has 1 aliphatic heterocycles. The number of hydrogen-bond donors (Lipinski definition) is 0. The lowest BCUT2D eigenvalue weighted by Crippen LogP contribution is -2.26. The summed E-state index contributed by atoms with van der Waals surface area (Å²) in [6, 6.07) is 15.2. The number of halogens is 1. The van der Waals surface area contributed by atoms with Crippen LogP contribution in [0.2, 0.25) is 0 Å². The smallest absolute Gasteiger partial charge is 0.123 e. The maximum atomic E-state index is 13.1. The van der Waals surface area contributed by atoms with Gasteiger partial charge in [-0.3, -0.25) is 0 Å². The normalized spacial score (nSPS) is 16.0. The van der Waals surface area contributed by atoms with Gasteiger partial charge in [0.2, 0.25) is 0 Å². The van der Waals surface area contributed by atoms with Gasteiger partial charge in [-0.1, -0.05) is 18.2 Å². The first kappa shape index (κ1) is 12.2. The summed E-state index contributed by atoms with van der Waals surface area (Å²) >= 11 is 0. The van der Waals surface area contributed by atoms with Crippen molar-refractivity contribution in [2.45, 2.75) is 6.54 Å². The lowest BCUT2D eigenvalue weighted by atomic mass is 10.1. The SMILES string of the molecule is CN1CCN(c2ccc(F)cc2)c2ccccc2C1. The van der Waals surface area contributed by atoms with Gasteiger partial charge in [0.25, 0.3) is 0 Å². The van der Waals surface area contributed by atoms with Gasteiger partial charge in [-0.05, 0) is 42.9 Å². The van der Waals surface area contributed by atoms with Crippen molar-refractivity contribution in [2.24, 2.45) is 0 Å². The molecule has 0 spiro atoms. The highest BCUT2D eigenvalue weighted by atomic mass is 19.1. The van der Waals surface area contributed by atoms with E-state index in [1.165, 1.54) is 23.4 Å². The molecule has 0 unspecified atom stereocenters. The van der Waals surface area contributed by atoms with Gasteiger partial charge in [-0.25, -0.2) is 4.39 Å². The second kappa shape index (κ2) is 5.02. The molecule has 3 heteroatoms. The van der Waals surface area contributed by atoms with Crippen LogP contribution < -0.4 is 4.90 Å². The fraction of sp³-hybridized carbons (Fsp3) is 0.250. The van der Waals surface area contributed by atoms with Crippen molar-refractivity contribution in [3.8, 4) is 0 Å². The van der Waals surface area contributed by atoms with E-state index in [2.05, 4.69) is 41.1 Å². The Morgan fingerprint density at radius 2 is 1.68 bits per heavy atom. The second-order valence-electron chi connectivity index (χ2n) is 4.99. The molecule has 0 saturated carbocycles. The van der Waals surface area contributed by atoms with Crippen LogP contribution >= 0.6 is 0 Å². The van der Waals surface area contributed by atoms with Gasteiger partial charge >= 0.3 is 0 Å². The number of likely N-dealkylation sites (N-methyl/N-ethyl adjacent to an activating group) is 1. The zero-order valence-electron chi connectivity index (χ0n) is 11.0. The minimum Gasteiger partial charge on any atom is -0.340 e. The molecule has 98 valence electrons. The highest BCUT2D eigenvalue weighted by Gasteiger charge is 2.18. The van der Waals surface area contributed by atoms with E-state index in [1.807, 2.05) is 12.1 Å². The summed E-state index contributed by atoms with van der Waals surface area (Å²) in [5.74, 6) is -0.191. The third kappa shape index (κ3) is 2.47. The molecule has 2 aromatic carbocycles. The van der Waals surface area contributed by atoms with Crippen molar-refractivity contribution in [3.63, 3.8) is 0 Å². The Morgan fingerprint density at radius 3 is 2.47 bits per heavy atom. The van der Waals surface area contributed by atoms with Crippen molar-refractivity contribution in [1.29, 1.82) is 0 Å². The topological polar surface area (TPSA) is 6.48 Å². The van der Waals surface area contributed by atoms with E-state index in [1.54, 1.807) is 0 Å². The molecule has 0 radical (unpaired) electrons. The molecule has 1 heterocycles. The van der Waals surface area contributed by atoms with Crippen LogP contribution in [0.1, 0.15) is 5.56 Å². The van der Waals surface area contributed by atoms with Crippen molar-refractivity contribution in [3.05, 3.63) is 59.9 Å². The summed E-state index contributed by atoms with van der Waals surface area (Å²) in [4.78, 5) is 4.57. The predicted octanol–water partition coefficient (Wildman–Crippen LogP) is 3.41. The largest absolute Gasteiger partial charge is 0.340 e. The Labute approximate surface area is 113 Å². The van der Waals surface area contributed by atoms with Crippen LogP contribution in [0.15, 0.2) is 48.5 Å². The highest BCUT2D eigenvalue weighted by molar-refractivity contribution is 5.66. The van der Waals surface area contributed by atoms with Crippen molar-refractivity contribution in [2.75, 3.05) is 25.0 Å². The van der Waals surface area contributed by atoms with Crippen molar-refractivity contribution in [1.82, 2.24) is 4.90 Å². The molecule has 0 N–H and O–H groups in total. The number of benzene rings is 2. The van der Waals surface area contributed by atoms with Crippen LogP contribution in [0.4, 0.5) is 15.8 Å². The number of rotatable bonds is 1. The minimum absolute atomic E-state index is 0.191. The first-order chi connectivity index (χ1) is 9.24. The summed E-state index contributed by atoms with van der Waals surface area (Å²) in [7, 11) is 2.13. The molecule has 0 amide bonds. The van der Waals surface area contributed by atoms with E-state index < -0.39 is 0 Å². The van der Waals surface area contributed by atoms with Crippen LogP contribution in [0.25, 0.3) is 0 Å². The second-order valence-corrected chi connectivity index (χ2v) is 4.99. The molecule has 0 aliphatic carbocycles. The molecule has 19 heavy (non-hydrogen) atoms. The van der Waals surface area contributed by atoms with E-state index in [9.17, 15) is 4.39 Å². The molecule has 3 rings (SSSR count). The number of anilines is 2. The third-order valence-electron chi connectivity index (χ3n) is 3.57. The van der Waals surface area contributed by atoms with Gasteiger partial charge in [0, 0.05) is 31.0 Å². The average molecular weight is 256 g/mol. The lowest BCUT2D eigenvalue weighted by molar-refractivity contribution is 0.343. The minimum atomic E-state index is -0.191. The molecule has 1 aliphatic rings. The Morgan fingerprint density at radius 1 is 0.947 bits per heavy atom. The Hall–Kier alpha value is -1.87. The Balaban J connectivity index is 2.04. The van der Waals surface area contributed by atoms with Gasteiger partial charge in [-0.2, -0.15) is 0 Å². The number of para-hydroxylation sites is 1. The quantitative estimate of drug-likeness (QED) is 0.771. The third-order valence-corrected chi connectivity index (χ3v) is 3.57. The Kier molecular flexibility index (Phi) is 3.22. The van der Waals surface area contributed by atoms with Crippen LogP contribution in [-0.4, -0.2) is 25.0 Å². The summed E-state index contributed by atoms with van der Waals surface area (Å²) in [6.07, 6.45) is 0. The summed E-state index contributed by atoms with van der Waals surface area (Å²) in [6.45, 7) is 2.86. The van der Waals surface area contributed by atoms with Crippen LogP contribution in [0, 0.1) is 5.82 Å². The molecule has 2 nitrogen and oxygen atoms in total. The van der Waals surface area contributed by atoms with E-state index in [0.29, 0.717) is 0 Å². The number of fused-ring (bicyclic) bond motifs is 1. The van der Waals surface area contributed by atoms with Gasteiger partial charge in [0.05, 0.1) is 0 Å². The van der Waals surface area contributed by atoms with Gasteiger partial charge in [0.15, 0.2) is 0 Å². The van der Waals surface area contributed by atoms with Crippen LogP contribution in [-0.2, 0) is 6.54 Å². The first-order valence-corrected chi connectivity index (χ1v) is 6.53. The summed E-state index contributed by atoms with van der Waals surface area (Å²) in [5.41, 5.74) is 3.58. The molecule has 0 fully saturated rings. The molecule has 0 aromatic heterocycles. The highest BCUT2D eigenvalue weighted by Crippen LogP contribution is 2.31. The fourth-order valence-electron chi connectivity index (χ4n) is 2.56. The lowest BCUT2D eigenvalue weighted by Gasteiger charge is -2.24. The summed E-state index contributed by atoms with van der Waals surface area (Å²) < 4.78 is 13.1. The zero-order chi connectivity index (χ0) is 13.2. The maximum absolute atomic E-state index is 13.1. The van der Waals surface area contributed by atoms with Crippen LogP contribution in [0.5, 0.6) is 0 Å². The zero-order valence-corrected chi connectivity index (χ0v) is 11.0. The van der Waals surface area contributed by atoms with E-state index in [4.69, 9.17) is 0 Å². The van der Waals surface area contributed by atoms with Crippen molar-refractivity contribution < 1.29 is 4.39 Å². The van der Waals surface area contributed by atoms with Gasteiger partial charge in [-0.15, -0.1) is 0 Å². The predicted molar refractivity (Wildman–Crippen MR) is 76.2 cm³/mol. The summed E-state index contributed by atoms with van der Waals surface area (Å²) in [5, 5.41) is 0. The van der Waals surface area contributed by atoms with E-state index in [-0.39, 0.29) is 5.82 Å². The molecule has 2 aromatic rings. The molecule has 0 bridgehead atoms. The maximum Gasteiger partial charge on any atom is 0.123 e.